The van der Waals surface area contributed by atoms with Crippen LogP contribution >= 0.6 is 0 Å². The highest BCUT2D eigenvalue weighted by Gasteiger charge is 2.13. The third-order valence-electron chi connectivity index (χ3n) is 3.23. The smallest absolute Gasteiger partial charge is 0.0298 e. The third-order valence-corrected chi connectivity index (χ3v) is 3.23. The summed E-state index contributed by atoms with van der Waals surface area (Å²) in [6, 6.07) is 15.5. The van der Waals surface area contributed by atoms with Gasteiger partial charge in [-0.15, -0.1) is 0 Å². The zero-order valence-corrected chi connectivity index (χ0v) is 11.8. The zero-order chi connectivity index (χ0) is 13.2. The van der Waals surface area contributed by atoms with E-state index >= 15 is 0 Å². The van der Waals surface area contributed by atoms with E-state index in [1.165, 1.54) is 16.3 Å². The number of hydrogen-bond acceptors (Lipinski definition) is 1. The maximum absolute atomic E-state index is 3.63. The van der Waals surface area contributed by atoms with E-state index in [0.29, 0.717) is 11.5 Å². The second-order valence-corrected chi connectivity index (χ2v) is 6.23. The fourth-order valence-corrected chi connectivity index (χ4v) is 2.20. The van der Waals surface area contributed by atoms with Gasteiger partial charge in [-0.1, -0.05) is 63.2 Å². The first-order valence-corrected chi connectivity index (χ1v) is 6.68. The monoisotopic (exact) mass is 241 g/mol. The average molecular weight is 241 g/mol. The minimum Gasteiger partial charge on any atom is -0.310 e. The van der Waals surface area contributed by atoms with Crippen LogP contribution in [0.4, 0.5) is 0 Å². The summed E-state index contributed by atoms with van der Waals surface area (Å²) >= 11 is 0. The molecule has 0 fully saturated rings. The van der Waals surface area contributed by atoms with E-state index in [2.05, 4.69) is 75.5 Å². The number of rotatable bonds is 3. The Morgan fingerprint density at radius 2 is 1.67 bits per heavy atom. The first kappa shape index (κ1) is 13.1. The molecule has 2 aromatic rings. The molecule has 1 heteroatoms. The van der Waals surface area contributed by atoms with Gasteiger partial charge in [-0.2, -0.15) is 0 Å². The van der Waals surface area contributed by atoms with Gasteiger partial charge in [-0.25, -0.2) is 0 Å². The quantitative estimate of drug-likeness (QED) is 0.832. The SMILES string of the molecule is C[C@@H](NCC(C)(C)C)c1cccc2ccccc12. The van der Waals surface area contributed by atoms with Crippen LogP contribution in [0.15, 0.2) is 42.5 Å². The highest BCUT2D eigenvalue weighted by atomic mass is 14.9. The summed E-state index contributed by atoms with van der Waals surface area (Å²) in [7, 11) is 0. The minimum atomic E-state index is 0.318. The molecule has 0 aliphatic carbocycles. The second-order valence-electron chi connectivity index (χ2n) is 6.23. The zero-order valence-electron chi connectivity index (χ0n) is 11.8. The molecular formula is C17H23N. The van der Waals surface area contributed by atoms with Crippen LogP contribution in [0.1, 0.15) is 39.3 Å². The predicted octanol–water partition coefficient (Wildman–Crippen LogP) is 4.54. The Kier molecular flexibility index (Phi) is 3.72. The van der Waals surface area contributed by atoms with Crippen molar-refractivity contribution in [3.8, 4) is 0 Å². The van der Waals surface area contributed by atoms with Crippen molar-refractivity contribution in [2.75, 3.05) is 6.54 Å². The molecule has 0 aliphatic heterocycles. The lowest BCUT2D eigenvalue weighted by atomic mass is 9.95. The molecule has 0 saturated heterocycles. The van der Waals surface area contributed by atoms with E-state index in [0.717, 1.165) is 6.54 Å². The molecule has 18 heavy (non-hydrogen) atoms. The van der Waals surface area contributed by atoms with E-state index in [1.54, 1.807) is 0 Å². The average Bonchev–Trinajstić information content (AvgIpc) is 2.34. The van der Waals surface area contributed by atoms with Gasteiger partial charge in [0.1, 0.15) is 0 Å². The lowest BCUT2D eigenvalue weighted by molar-refractivity contribution is 0.360. The van der Waals surface area contributed by atoms with E-state index in [-0.39, 0.29) is 0 Å². The lowest BCUT2D eigenvalue weighted by Gasteiger charge is -2.23. The van der Waals surface area contributed by atoms with Crippen molar-refractivity contribution in [3.05, 3.63) is 48.0 Å². The normalized spacial score (nSPS) is 13.8. The van der Waals surface area contributed by atoms with E-state index in [1.807, 2.05) is 0 Å². The molecule has 0 spiro atoms. The molecule has 2 rings (SSSR count). The predicted molar refractivity (Wildman–Crippen MR) is 79.8 cm³/mol. The van der Waals surface area contributed by atoms with Crippen molar-refractivity contribution in [1.82, 2.24) is 5.32 Å². The topological polar surface area (TPSA) is 12.0 Å². The Morgan fingerprint density at radius 3 is 2.39 bits per heavy atom. The van der Waals surface area contributed by atoms with Crippen LogP contribution in [0.2, 0.25) is 0 Å². The summed E-state index contributed by atoms with van der Waals surface area (Å²) in [5.74, 6) is 0. The van der Waals surface area contributed by atoms with Crippen molar-refractivity contribution >= 4 is 10.8 Å². The number of fused-ring (bicyclic) bond motifs is 1. The Balaban J connectivity index is 2.25. The number of nitrogens with one attached hydrogen (secondary N) is 1. The first-order chi connectivity index (χ1) is 8.47. The van der Waals surface area contributed by atoms with Crippen molar-refractivity contribution in [2.45, 2.75) is 33.7 Å². The van der Waals surface area contributed by atoms with Gasteiger partial charge < -0.3 is 5.32 Å². The van der Waals surface area contributed by atoms with E-state index in [4.69, 9.17) is 0 Å². The van der Waals surface area contributed by atoms with Crippen LogP contribution in [0.5, 0.6) is 0 Å². The summed E-state index contributed by atoms with van der Waals surface area (Å²) in [4.78, 5) is 0. The van der Waals surface area contributed by atoms with E-state index in [9.17, 15) is 0 Å². The molecule has 1 atom stereocenters. The summed E-state index contributed by atoms with van der Waals surface area (Å²) in [5, 5.41) is 6.31. The number of benzene rings is 2. The molecule has 0 bridgehead atoms. The second kappa shape index (κ2) is 5.11. The summed E-state index contributed by atoms with van der Waals surface area (Å²) in [6.07, 6.45) is 0. The molecular weight excluding hydrogens is 218 g/mol. The lowest BCUT2D eigenvalue weighted by Crippen LogP contribution is -2.29. The van der Waals surface area contributed by atoms with Crippen LogP contribution in [0.25, 0.3) is 10.8 Å². The van der Waals surface area contributed by atoms with Crippen LogP contribution in [0, 0.1) is 5.41 Å². The molecule has 0 saturated carbocycles. The molecule has 96 valence electrons. The largest absolute Gasteiger partial charge is 0.310 e. The van der Waals surface area contributed by atoms with Gasteiger partial charge in [0.05, 0.1) is 0 Å². The van der Waals surface area contributed by atoms with Crippen LogP contribution in [-0.4, -0.2) is 6.54 Å². The first-order valence-electron chi connectivity index (χ1n) is 6.68. The highest BCUT2D eigenvalue weighted by molar-refractivity contribution is 5.86. The van der Waals surface area contributed by atoms with Gasteiger partial charge in [0.25, 0.3) is 0 Å². The fraction of sp³-hybridized carbons (Fsp3) is 0.412. The molecule has 0 heterocycles. The standard InChI is InChI=1S/C17H23N/c1-13(18-12-17(2,3)4)15-11-7-9-14-8-5-6-10-16(14)15/h5-11,13,18H,12H2,1-4H3/t13-/m1/s1. The van der Waals surface area contributed by atoms with Crippen LogP contribution < -0.4 is 5.32 Å². The van der Waals surface area contributed by atoms with Gasteiger partial charge >= 0.3 is 0 Å². The minimum absolute atomic E-state index is 0.318. The van der Waals surface area contributed by atoms with Gasteiger partial charge in [0, 0.05) is 12.6 Å². The Morgan fingerprint density at radius 1 is 1.00 bits per heavy atom. The molecule has 0 amide bonds. The summed E-state index contributed by atoms with van der Waals surface area (Å²) < 4.78 is 0. The van der Waals surface area contributed by atoms with Crippen molar-refractivity contribution in [1.29, 1.82) is 0 Å². The summed E-state index contributed by atoms with van der Waals surface area (Å²) in [6.45, 7) is 10.0. The Hall–Kier alpha value is -1.34. The number of hydrogen-bond donors (Lipinski definition) is 1. The third kappa shape index (κ3) is 3.11. The maximum atomic E-state index is 3.63. The Labute approximate surface area is 110 Å². The van der Waals surface area contributed by atoms with Crippen molar-refractivity contribution < 1.29 is 0 Å². The molecule has 0 radical (unpaired) electrons. The van der Waals surface area contributed by atoms with E-state index < -0.39 is 0 Å². The molecule has 2 aromatic carbocycles. The van der Waals surface area contributed by atoms with Gasteiger partial charge in [0.2, 0.25) is 0 Å². The molecule has 0 unspecified atom stereocenters. The van der Waals surface area contributed by atoms with Crippen molar-refractivity contribution in [3.63, 3.8) is 0 Å². The highest BCUT2D eigenvalue weighted by Crippen LogP contribution is 2.24. The summed E-state index contributed by atoms with van der Waals surface area (Å²) in [5.41, 5.74) is 1.70. The molecule has 0 aromatic heterocycles. The molecule has 1 N–H and O–H groups in total. The molecule has 1 nitrogen and oxygen atoms in total. The maximum Gasteiger partial charge on any atom is 0.0298 e. The van der Waals surface area contributed by atoms with Crippen LogP contribution in [0.3, 0.4) is 0 Å². The van der Waals surface area contributed by atoms with Gasteiger partial charge in [-0.3, -0.25) is 0 Å². The Bertz CT molecular complexity index is 517. The van der Waals surface area contributed by atoms with Crippen molar-refractivity contribution in [2.24, 2.45) is 5.41 Å². The van der Waals surface area contributed by atoms with Gasteiger partial charge in [-0.05, 0) is 28.7 Å². The van der Waals surface area contributed by atoms with Gasteiger partial charge in [0.15, 0.2) is 0 Å². The molecule has 0 aliphatic rings. The van der Waals surface area contributed by atoms with Crippen LogP contribution in [-0.2, 0) is 0 Å². The fourth-order valence-electron chi connectivity index (χ4n) is 2.20.